The zero-order chi connectivity index (χ0) is 69.0. The number of ether oxygens (including phenoxy) is 5. The average molecular weight is 1220 g/mol. The van der Waals surface area contributed by atoms with Gasteiger partial charge in [-0.1, -0.05) is 284 Å². The second-order valence-corrected chi connectivity index (χ2v) is 18.5. The topological polar surface area (TPSA) is 86.9 Å². The third kappa shape index (κ3) is 116. The largest absolute Gasteiger partial charge is 0.463 e. The fraction of sp³-hybridized carbons (Fsp3) is 0.550. The lowest BCUT2D eigenvalue weighted by Crippen LogP contribution is -2.12. The third-order valence-corrected chi connectivity index (χ3v) is 10.3. The number of aryl methyl sites for hydroxylation is 3. The smallest absolute Gasteiger partial charge is 0.333 e. The van der Waals surface area contributed by atoms with E-state index in [1.54, 1.807) is 19.1 Å². The molecule has 0 spiro atoms. The highest BCUT2D eigenvalue weighted by molar-refractivity contribution is 5.86. The second-order valence-electron chi connectivity index (χ2n) is 18.5. The first-order valence-corrected chi connectivity index (χ1v) is 33.0. The van der Waals surface area contributed by atoms with Gasteiger partial charge < -0.3 is 23.7 Å². The molecule has 3 aliphatic rings. The van der Waals surface area contributed by atoms with E-state index in [2.05, 4.69) is 122 Å². The van der Waals surface area contributed by atoms with E-state index in [1.807, 2.05) is 201 Å². The number of fused-ring (bicyclic) bond motifs is 1. The van der Waals surface area contributed by atoms with Gasteiger partial charge in [-0.25, -0.2) is 9.59 Å². The number of unbranched alkanes of at least 4 members (excludes halogenated alkanes) is 3. The van der Waals surface area contributed by atoms with Gasteiger partial charge in [-0.05, 0) is 134 Å². The molecule has 3 aromatic carbocycles. The number of epoxide rings is 2. The SMILES string of the molecule is C=C(C)C(=O)OCCCC.C=CC.C=CC.C=CC(=O)OCCCC.C=CCC.CC.CC.CC.CC=CC.CC=CC.CC=CC.CCCC1CCC2OC2C1.CCCCOCC1CO1.Cc1ccccc1.Cc1ccccc1.Cc1ccccc1. The molecular weight excluding hydrogens is 1070 g/mol. The second kappa shape index (κ2) is 99.4. The van der Waals surface area contributed by atoms with Gasteiger partial charge in [-0.3, -0.25) is 0 Å². The lowest BCUT2D eigenvalue weighted by atomic mass is 9.86. The van der Waals surface area contributed by atoms with Crippen molar-refractivity contribution in [1.82, 2.24) is 0 Å². The Morgan fingerprint density at radius 2 is 0.862 bits per heavy atom. The molecule has 7 heteroatoms. The molecule has 1 saturated carbocycles. The van der Waals surface area contributed by atoms with Crippen LogP contribution in [0, 0.1) is 26.7 Å². The van der Waals surface area contributed by atoms with Crippen molar-refractivity contribution in [2.45, 2.75) is 255 Å². The summed E-state index contributed by atoms with van der Waals surface area (Å²) < 4.78 is 25.2. The van der Waals surface area contributed by atoms with E-state index in [9.17, 15) is 9.59 Å². The van der Waals surface area contributed by atoms with Crippen molar-refractivity contribution in [2.24, 2.45) is 5.92 Å². The molecule has 504 valence electrons. The van der Waals surface area contributed by atoms with Crippen molar-refractivity contribution >= 4 is 11.9 Å². The van der Waals surface area contributed by atoms with E-state index in [4.69, 9.17) is 18.9 Å². The summed E-state index contributed by atoms with van der Waals surface area (Å²) >= 11 is 0. The summed E-state index contributed by atoms with van der Waals surface area (Å²) in [7, 11) is 0. The minimum Gasteiger partial charge on any atom is -0.463 e. The van der Waals surface area contributed by atoms with Crippen molar-refractivity contribution in [2.75, 3.05) is 33.0 Å². The molecule has 87 heavy (non-hydrogen) atoms. The molecule has 0 aromatic heterocycles. The van der Waals surface area contributed by atoms with Crippen LogP contribution in [0.3, 0.4) is 0 Å². The van der Waals surface area contributed by atoms with Crippen molar-refractivity contribution in [3.05, 3.63) is 207 Å². The Balaban J connectivity index is -0.0000000931. The lowest BCUT2D eigenvalue weighted by Gasteiger charge is -2.17. The van der Waals surface area contributed by atoms with Crippen LogP contribution in [0.1, 0.15) is 232 Å². The number of hydrogen-bond donors (Lipinski definition) is 0. The standard InChI is InChI=1S/C9H16O.C8H14O2.C7H14O2.C7H12O2.3C7H8.4C4H8.2C3H6.3C2H6/c1-2-3-7-4-5-8-9(6-7)10-8;1-4-5-6-10-8(9)7(2)3;1-2-3-4-8-5-7-6-9-7;1-3-5-6-9-7(8)4-2;3*1-7-5-3-2-4-6-7;4*1-3-4-2;2*1-3-2;3*1-2/h7-9H,2-6H2,1H3;2,4-6H2,1,3H3;7H,2-6H2,1H3;4H,2-3,5-6H2,1H3;3*2-6H,1H3;3*3-4H,1-2H3;3H,1,4H2,2H3;2*3H,1H2,2H3;3*1-2H3. The number of hydrogen-bond acceptors (Lipinski definition) is 7. The minimum atomic E-state index is -0.330. The fourth-order valence-electron chi connectivity index (χ4n) is 5.19. The predicted octanol–water partition coefficient (Wildman–Crippen LogP) is 24.8. The molecule has 2 saturated heterocycles. The van der Waals surface area contributed by atoms with E-state index < -0.39 is 0 Å². The molecule has 4 atom stereocenters. The summed E-state index contributed by atoms with van der Waals surface area (Å²) in [6, 6.07) is 30.8. The summed E-state index contributed by atoms with van der Waals surface area (Å²) in [6.07, 6.45) is 34.7. The third-order valence-electron chi connectivity index (χ3n) is 10.3. The Kier molecular flexibility index (Phi) is 118. The van der Waals surface area contributed by atoms with E-state index in [-0.39, 0.29) is 11.9 Å². The highest BCUT2D eigenvalue weighted by Gasteiger charge is 2.43. The number of carbonyl (C=O) groups is 2. The summed E-state index contributed by atoms with van der Waals surface area (Å²) in [5, 5.41) is 0. The first-order chi connectivity index (χ1) is 42.0. The molecule has 1 aliphatic carbocycles. The van der Waals surface area contributed by atoms with Gasteiger partial charge in [0.05, 0.1) is 38.6 Å². The van der Waals surface area contributed by atoms with Crippen molar-refractivity contribution in [1.29, 1.82) is 0 Å². The van der Waals surface area contributed by atoms with Crippen LogP contribution in [-0.2, 0) is 33.3 Å². The molecule has 0 N–H and O–H groups in total. The van der Waals surface area contributed by atoms with Crippen LogP contribution in [0.5, 0.6) is 0 Å². The van der Waals surface area contributed by atoms with E-state index in [0.717, 1.165) is 57.8 Å². The van der Waals surface area contributed by atoms with E-state index >= 15 is 0 Å². The zero-order valence-corrected chi connectivity index (χ0v) is 61.2. The predicted molar refractivity (Wildman–Crippen MR) is 394 cm³/mol. The molecule has 7 nitrogen and oxygen atoms in total. The first kappa shape index (κ1) is 103. The van der Waals surface area contributed by atoms with E-state index in [1.165, 1.54) is 67.7 Å². The van der Waals surface area contributed by atoms with Crippen LogP contribution < -0.4 is 0 Å². The molecule has 4 unspecified atom stereocenters. The van der Waals surface area contributed by atoms with Gasteiger partial charge in [-0.15, -0.1) is 19.7 Å². The average Bonchev–Trinajstić information content (AvgIpc) is 2.51. The number of carbonyl (C=O) groups excluding carboxylic acids is 2. The van der Waals surface area contributed by atoms with Crippen molar-refractivity contribution in [3.8, 4) is 0 Å². The Bertz CT molecular complexity index is 1700. The maximum absolute atomic E-state index is 10.7. The van der Waals surface area contributed by atoms with Crippen LogP contribution in [0.25, 0.3) is 0 Å². The minimum absolute atomic E-state index is 0.284. The monoisotopic (exact) mass is 1220 g/mol. The van der Waals surface area contributed by atoms with Gasteiger partial charge >= 0.3 is 11.9 Å². The van der Waals surface area contributed by atoms with Gasteiger partial charge in [0.1, 0.15) is 6.10 Å². The molecule has 2 aliphatic heterocycles. The van der Waals surface area contributed by atoms with Crippen molar-refractivity contribution in [3.63, 3.8) is 0 Å². The van der Waals surface area contributed by atoms with Gasteiger partial charge in [0, 0.05) is 18.3 Å². The maximum atomic E-state index is 10.7. The van der Waals surface area contributed by atoms with Crippen LogP contribution in [0.4, 0.5) is 0 Å². The molecule has 3 fully saturated rings. The molecule has 6 rings (SSSR count). The quantitative estimate of drug-likeness (QED) is 0.0464. The highest BCUT2D eigenvalue weighted by atomic mass is 16.6. The Morgan fingerprint density at radius 1 is 0.529 bits per heavy atom. The fourth-order valence-corrected chi connectivity index (χ4v) is 5.19. The molecule has 0 amide bonds. The van der Waals surface area contributed by atoms with Gasteiger partial charge in [0.2, 0.25) is 0 Å². The zero-order valence-electron chi connectivity index (χ0n) is 61.2. The van der Waals surface area contributed by atoms with Gasteiger partial charge in [0.25, 0.3) is 0 Å². The van der Waals surface area contributed by atoms with Crippen LogP contribution >= 0.6 is 0 Å². The molecule has 3 aromatic rings. The Morgan fingerprint density at radius 3 is 1.10 bits per heavy atom. The normalized spacial score (nSPS) is 13.8. The number of esters is 2. The van der Waals surface area contributed by atoms with Crippen molar-refractivity contribution < 1.29 is 33.3 Å². The number of allylic oxidation sites excluding steroid dienone is 9. The maximum Gasteiger partial charge on any atom is 0.333 e. The molecule has 2 heterocycles. The molecule has 0 bridgehead atoms. The van der Waals surface area contributed by atoms with Crippen LogP contribution in [0.2, 0.25) is 0 Å². The number of rotatable bonds is 16. The first-order valence-electron chi connectivity index (χ1n) is 33.0. The molecular formula is C80H142O7. The van der Waals surface area contributed by atoms with Crippen LogP contribution in [0.15, 0.2) is 190 Å². The number of benzene rings is 3. The Hall–Kier alpha value is -5.60. The van der Waals surface area contributed by atoms with Gasteiger partial charge in [-0.2, -0.15) is 0 Å². The summed E-state index contributed by atoms with van der Waals surface area (Å²) in [5.41, 5.74) is 4.43. The highest BCUT2D eigenvalue weighted by Crippen LogP contribution is 2.40. The summed E-state index contributed by atoms with van der Waals surface area (Å²) in [5.74, 6) is 0.380. The Labute approximate surface area is 543 Å². The van der Waals surface area contributed by atoms with E-state index in [0.29, 0.717) is 37.1 Å². The molecule has 0 radical (unpaired) electrons. The van der Waals surface area contributed by atoms with Gasteiger partial charge in [0.15, 0.2) is 0 Å². The summed E-state index contributed by atoms with van der Waals surface area (Å²) in [6.45, 7) is 66.8. The van der Waals surface area contributed by atoms with Crippen LogP contribution in [-0.4, -0.2) is 63.3 Å². The lowest BCUT2D eigenvalue weighted by molar-refractivity contribution is -0.139. The summed E-state index contributed by atoms with van der Waals surface area (Å²) in [4.78, 5) is 21.0.